The van der Waals surface area contributed by atoms with E-state index >= 15 is 0 Å². The second-order valence-electron chi connectivity index (χ2n) is 3.72. The Balaban J connectivity index is 2.36. The minimum atomic E-state index is 0.229. The molecule has 2 N–H and O–H groups in total. The minimum Gasteiger partial charge on any atom is -0.395 e. The summed E-state index contributed by atoms with van der Waals surface area (Å²) >= 11 is 7.32. The minimum absolute atomic E-state index is 0.229. The molecular weight excluding hydrogens is 254 g/mol. The third-order valence-electron chi connectivity index (χ3n) is 2.28. The lowest BCUT2D eigenvalue weighted by atomic mass is 10.2. The van der Waals surface area contributed by atoms with E-state index in [0.29, 0.717) is 16.4 Å². The van der Waals surface area contributed by atoms with Gasteiger partial charge in [-0.05, 0) is 37.6 Å². The second-order valence-corrected chi connectivity index (χ2v) is 5.12. The third-order valence-corrected chi connectivity index (χ3v) is 3.44. The molecule has 0 aliphatic rings. The van der Waals surface area contributed by atoms with Crippen molar-refractivity contribution in [2.45, 2.75) is 23.8 Å². The van der Waals surface area contributed by atoms with E-state index in [1.54, 1.807) is 0 Å². The van der Waals surface area contributed by atoms with E-state index in [2.05, 4.69) is 16.0 Å². The van der Waals surface area contributed by atoms with Gasteiger partial charge in [0.25, 0.3) is 0 Å². The summed E-state index contributed by atoms with van der Waals surface area (Å²) in [5, 5.41) is 0.931. The first-order valence-electron chi connectivity index (χ1n) is 5.10. The van der Waals surface area contributed by atoms with Crippen LogP contribution in [-0.4, -0.2) is 9.97 Å². The molecule has 0 fully saturated rings. The molecule has 2 aromatic rings. The van der Waals surface area contributed by atoms with Crippen molar-refractivity contribution in [1.29, 1.82) is 0 Å². The molecule has 2 rings (SSSR count). The number of aromatic nitrogens is 2. The fourth-order valence-corrected chi connectivity index (χ4v) is 2.66. The van der Waals surface area contributed by atoms with Crippen LogP contribution >= 0.6 is 23.4 Å². The van der Waals surface area contributed by atoms with Crippen molar-refractivity contribution >= 4 is 29.1 Å². The van der Waals surface area contributed by atoms with Crippen LogP contribution in [0.5, 0.6) is 0 Å². The summed E-state index contributed by atoms with van der Waals surface area (Å²) in [5.74, 6) is 0. The van der Waals surface area contributed by atoms with E-state index in [-0.39, 0.29) is 5.28 Å². The average molecular weight is 266 g/mol. The van der Waals surface area contributed by atoms with Crippen LogP contribution in [0.15, 0.2) is 34.2 Å². The van der Waals surface area contributed by atoms with Gasteiger partial charge < -0.3 is 5.73 Å². The first kappa shape index (κ1) is 12.2. The molecule has 0 aliphatic carbocycles. The molecule has 0 spiro atoms. The van der Waals surface area contributed by atoms with Gasteiger partial charge in [-0.25, -0.2) is 9.97 Å². The summed E-state index contributed by atoms with van der Waals surface area (Å²) in [6.07, 6.45) is 0. The molecule has 17 heavy (non-hydrogen) atoms. The molecule has 0 saturated heterocycles. The zero-order valence-electron chi connectivity index (χ0n) is 9.57. The van der Waals surface area contributed by atoms with Gasteiger partial charge in [-0.2, -0.15) is 0 Å². The molecule has 0 amide bonds. The van der Waals surface area contributed by atoms with E-state index in [1.165, 1.54) is 17.3 Å². The maximum atomic E-state index is 5.93. The predicted octanol–water partition coefficient (Wildman–Crippen LogP) is 3.48. The molecule has 0 saturated carbocycles. The lowest BCUT2D eigenvalue weighted by molar-refractivity contribution is 1.02. The van der Waals surface area contributed by atoms with E-state index in [0.717, 1.165) is 4.90 Å². The molecular formula is C12H12ClN3S. The Bertz CT molecular complexity index is 557. The standard InChI is InChI=1S/C12H12ClN3S/c1-7-4-3-5-9(6-7)17-11-10(14)8(2)15-12(13)16-11/h3-6H,14H2,1-2H3. The predicted molar refractivity (Wildman–Crippen MR) is 71.5 cm³/mol. The highest BCUT2D eigenvalue weighted by atomic mass is 35.5. The van der Waals surface area contributed by atoms with Crippen LogP contribution in [0.1, 0.15) is 11.3 Å². The van der Waals surface area contributed by atoms with E-state index in [9.17, 15) is 0 Å². The highest BCUT2D eigenvalue weighted by Crippen LogP contribution is 2.32. The van der Waals surface area contributed by atoms with Crippen molar-refractivity contribution in [2.24, 2.45) is 0 Å². The fourth-order valence-electron chi connectivity index (χ4n) is 1.39. The monoisotopic (exact) mass is 265 g/mol. The smallest absolute Gasteiger partial charge is 0.223 e. The third kappa shape index (κ3) is 2.90. The van der Waals surface area contributed by atoms with Gasteiger partial charge >= 0.3 is 0 Å². The summed E-state index contributed by atoms with van der Waals surface area (Å²) in [6, 6.07) is 8.15. The topological polar surface area (TPSA) is 51.8 Å². The van der Waals surface area contributed by atoms with E-state index in [4.69, 9.17) is 17.3 Å². The summed E-state index contributed by atoms with van der Waals surface area (Å²) in [4.78, 5) is 9.25. The van der Waals surface area contributed by atoms with Gasteiger partial charge in [0.2, 0.25) is 5.28 Å². The number of halogens is 1. The molecule has 3 nitrogen and oxygen atoms in total. The summed E-state index contributed by atoms with van der Waals surface area (Å²) < 4.78 is 0. The van der Waals surface area contributed by atoms with Crippen LogP contribution in [0.2, 0.25) is 5.28 Å². The summed E-state index contributed by atoms with van der Waals surface area (Å²) in [7, 11) is 0. The molecule has 5 heteroatoms. The van der Waals surface area contributed by atoms with Crippen LogP contribution < -0.4 is 5.73 Å². The lowest BCUT2D eigenvalue weighted by Gasteiger charge is -2.07. The molecule has 88 valence electrons. The second kappa shape index (κ2) is 4.94. The number of aryl methyl sites for hydroxylation is 2. The van der Waals surface area contributed by atoms with Crippen LogP contribution in [0.4, 0.5) is 5.69 Å². The number of benzene rings is 1. The van der Waals surface area contributed by atoms with Crippen molar-refractivity contribution in [2.75, 3.05) is 5.73 Å². The van der Waals surface area contributed by atoms with Gasteiger partial charge in [-0.1, -0.05) is 29.5 Å². The van der Waals surface area contributed by atoms with Crippen LogP contribution in [0.3, 0.4) is 0 Å². The molecule has 0 aliphatic heterocycles. The van der Waals surface area contributed by atoms with Crippen LogP contribution in [0, 0.1) is 13.8 Å². The Morgan fingerprint density at radius 2 is 2.00 bits per heavy atom. The van der Waals surface area contributed by atoms with E-state index in [1.807, 2.05) is 32.0 Å². The average Bonchev–Trinajstić information content (AvgIpc) is 2.25. The van der Waals surface area contributed by atoms with Gasteiger partial charge in [-0.3, -0.25) is 0 Å². The zero-order valence-corrected chi connectivity index (χ0v) is 11.1. The number of nitrogens with two attached hydrogens (primary N) is 1. The van der Waals surface area contributed by atoms with Crippen LogP contribution in [0.25, 0.3) is 0 Å². The highest BCUT2D eigenvalue weighted by Gasteiger charge is 2.09. The first-order chi connectivity index (χ1) is 8.06. The van der Waals surface area contributed by atoms with E-state index < -0.39 is 0 Å². The van der Waals surface area contributed by atoms with Crippen molar-refractivity contribution in [1.82, 2.24) is 9.97 Å². The number of hydrogen-bond acceptors (Lipinski definition) is 4. The Morgan fingerprint density at radius 3 is 2.71 bits per heavy atom. The fraction of sp³-hybridized carbons (Fsp3) is 0.167. The molecule has 0 unspecified atom stereocenters. The number of rotatable bonds is 2. The maximum Gasteiger partial charge on any atom is 0.223 e. The Morgan fingerprint density at radius 1 is 1.24 bits per heavy atom. The molecule has 0 atom stereocenters. The van der Waals surface area contributed by atoms with Crippen LogP contribution in [-0.2, 0) is 0 Å². The van der Waals surface area contributed by atoms with Crippen molar-refractivity contribution in [3.63, 3.8) is 0 Å². The van der Waals surface area contributed by atoms with Gasteiger partial charge in [0.15, 0.2) is 0 Å². The van der Waals surface area contributed by atoms with Crippen molar-refractivity contribution in [3.05, 3.63) is 40.8 Å². The maximum absolute atomic E-state index is 5.93. The van der Waals surface area contributed by atoms with Crippen molar-refractivity contribution < 1.29 is 0 Å². The largest absolute Gasteiger partial charge is 0.395 e. The van der Waals surface area contributed by atoms with Crippen molar-refractivity contribution in [3.8, 4) is 0 Å². The summed E-state index contributed by atoms with van der Waals surface area (Å²) in [5.41, 5.74) is 8.43. The molecule has 1 aromatic heterocycles. The highest BCUT2D eigenvalue weighted by molar-refractivity contribution is 7.99. The van der Waals surface area contributed by atoms with Gasteiger partial charge in [0.05, 0.1) is 11.4 Å². The number of anilines is 1. The lowest BCUT2D eigenvalue weighted by Crippen LogP contribution is -1.99. The Labute approximate surface area is 109 Å². The number of hydrogen-bond donors (Lipinski definition) is 1. The molecule has 0 radical (unpaired) electrons. The van der Waals surface area contributed by atoms with Gasteiger partial charge in [0.1, 0.15) is 5.03 Å². The number of nitrogens with zero attached hydrogens (tertiary/aromatic N) is 2. The molecule has 1 heterocycles. The molecule has 0 bridgehead atoms. The Hall–Kier alpha value is -1.26. The van der Waals surface area contributed by atoms with Gasteiger partial charge in [0, 0.05) is 4.90 Å². The van der Waals surface area contributed by atoms with Gasteiger partial charge in [-0.15, -0.1) is 0 Å². The summed E-state index contributed by atoms with van der Waals surface area (Å²) in [6.45, 7) is 3.87. The first-order valence-corrected chi connectivity index (χ1v) is 6.30. The SMILES string of the molecule is Cc1cccc(Sc2nc(Cl)nc(C)c2N)c1. The molecule has 1 aromatic carbocycles. The normalized spacial score (nSPS) is 10.5. The zero-order chi connectivity index (χ0) is 12.4. The Kier molecular flexibility index (Phi) is 3.54. The number of nitrogen functional groups attached to an aromatic ring is 1. The quantitative estimate of drug-likeness (QED) is 0.667.